The minimum atomic E-state index is -2.01. The van der Waals surface area contributed by atoms with Crippen LogP contribution in [-0.2, 0) is 14.3 Å². The molecule has 2 aliphatic rings. The Morgan fingerprint density at radius 1 is 1.36 bits per heavy atom. The van der Waals surface area contributed by atoms with Gasteiger partial charge in [0.15, 0.2) is 14.0 Å². The highest BCUT2D eigenvalue weighted by molar-refractivity contribution is 6.80. The van der Waals surface area contributed by atoms with Gasteiger partial charge in [-0.3, -0.25) is 4.79 Å². The average Bonchev–Trinajstić information content (AvgIpc) is 2.63. The summed E-state index contributed by atoms with van der Waals surface area (Å²) in [5.74, 6) is -0.928. The molecule has 0 bridgehead atoms. The Labute approximate surface area is 135 Å². The first-order valence-electron chi connectivity index (χ1n) is 8.12. The number of hydrogen-bond donors (Lipinski definition) is 1. The van der Waals surface area contributed by atoms with E-state index in [0.29, 0.717) is 6.61 Å². The molecule has 0 spiro atoms. The van der Waals surface area contributed by atoms with Gasteiger partial charge < -0.3 is 19.1 Å². The van der Waals surface area contributed by atoms with Crippen molar-refractivity contribution in [3.05, 3.63) is 0 Å². The molecule has 5 nitrogen and oxygen atoms in total. The Balaban J connectivity index is 2.31. The Kier molecular flexibility index (Phi) is 4.31. The number of carbonyl (C=O) groups is 1. The lowest BCUT2D eigenvalue weighted by Crippen LogP contribution is -2.77. The van der Waals surface area contributed by atoms with E-state index in [4.69, 9.17) is 9.47 Å². The van der Waals surface area contributed by atoms with Crippen molar-refractivity contribution in [2.45, 2.75) is 83.7 Å². The lowest BCUT2D eigenvalue weighted by molar-refractivity contribution is -0.177. The molecule has 2 aliphatic heterocycles. The molecule has 1 unspecified atom stereocenters. The summed E-state index contributed by atoms with van der Waals surface area (Å²) in [5.41, 5.74) is 0. The second-order valence-electron chi connectivity index (χ2n) is 8.64. The van der Waals surface area contributed by atoms with E-state index in [2.05, 4.69) is 33.9 Å². The van der Waals surface area contributed by atoms with E-state index in [9.17, 15) is 9.90 Å². The van der Waals surface area contributed by atoms with Crippen LogP contribution in [0.3, 0.4) is 0 Å². The first-order chi connectivity index (χ1) is 9.79. The van der Waals surface area contributed by atoms with Crippen molar-refractivity contribution >= 4 is 14.1 Å². The van der Waals surface area contributed by atoms with Gasteiger partial charge in [0.25, 0.3) is 0 Å². The third-order valence-corrected chi connectivity index (χ3v) is 11.0. The molecule has 4 atom stereocenters. The molecule has 2 rings (SSSR count). The fourth-order valence-electron chi connectivity index (χ4n) is 3.31. The molecule has 0 aromatic heterocycles. The molecule has 2 saturated heterocycles. The van der Waals surface area contributed by atoms with E-state index in [1.807, 2.05) is 18.4 Å². The molecular formula is C16H31NO4Si. The van der Waals surface area contributed by atoms with Crippen LogP contribution in [0, 0.1) is 5.92 Å². The molecule has 6 heteroatoms. The Morgan fingerprint density at radius 3 is 2.27 bits per heavy atom. The van der Waals surface area contributed by atoms with Crippen LogP contribution >= 0.6 is 0 Å². The molecule has 1 N–H and O–H groups in total. The van der Waals surface area contributed by atoms with E-state index in [1.165, 1.54) is 0 Å². The summed E-state index contributed by atoms with van der Waals surface area (Å²) in [4.78, 5) is 12.7. The van der Waals surface area contributed by atoms with Gasteiger partial charge >= 0.3 is 0 Å². The Bertz CT molecular complexity index is 456. The predicted octanol–water partition coefficient (Wildman–Crippen LogP) is 2.35. The van der Waals surface area contributed by atoms with Crippen LogP contribution in [0.5, 0.6) is 0 Å². The first-order valence-corrected chi connectivity index (χ1v) is 11.1. The van der Waals surface area contributed by atoms with Crippen molar-refractivity contribution in [1.82, 2.24) is 4.57 Å². The number of nitrogens with zero attached hydrogens (tertiary/aromatic N) is 1. The van der Waals surface area contributed by atoms with Gasteiger partial charge in [0.05, 0.1) is 24.7 Å². The average molecular weight is 330 g/mol. The minimum absolute atomic E-state index is 0.0551. The molecule has 0 saturated carbocycles. The molecular weight excluding hydrogens is 298 g/mol. The van der Waals surface area contributed by atoms with Crippen molar-refractivity contribution in [3.63, 3.8) is 0 Å². The second kappa shape index (κ2) is 5.29. The zero-order valence-corrected chi connectivity index (χ0v) is 16.1. The van der Waals surface area contributed by atoms with Gasteiger partial charge in [-0.2, -0.15) is 0 Å². The number of β-lactam (4-membered cyclic amide) rings is 1. The monoisotopic (exact) mass is 329 g/mol. The van der Waals surface area contributed by atoms with Gasteiger partial charge in [-0.25, -0.2) is 0 Å². The van der Waals surface area contributed by atoms with Gasteiger partial charge in [-0.05, 0) is 25.8 Å². The van der Waals surface area contributed by atoms with Crippen LogP contribution in [0.4, 0.5) is 0 Å². The van der Waals surface area contributed by atoms with Gasteiger partial charge in [0.1, 0.15) is 6.10 Å². The van der Waals surface area contributed by atoms with E-state index in [1.54, 1.807) is 6.92 Å². The Morgan fingerprint density at radius 2 is 1.91 bits per heavy atom. The second-order valence-corrected chi connectivity index (χ2v) is 13.7. The number of carbonyl (C=O) groups excluding carboxylic acids is 1. The summed E-state index contributed by atoms with van der Waals surface area (Å²) < 4.78 is 13.7. The van der Waals surface area contributed by atoms with Crippen molar-refractivity contribution in [2.24, 2.45) is 5.92 Å². The molecule has 0 radical (unpaired) electrons. The fraction of sp³-hybridized carbons (Fsp3) is 0.938. The van der Waals surface area contributed by atoms with E-state index < -0.39 is 20.1 Å². The van der Waals surface area contributed by atoms with Crippen LogP contribution in [0.1, 0.15) is 41.5 Å². The van der Waals surface area contributed by atoms with Crippen LogP contribution in [0.25, 0.3) is 0 Å². The normalized spacial score (nSPS) is 33.8. The summed E-state index contributed by atoms with van der Waals surface area (Å²) in [6.45, 7) is 17.0. The van der Waals surface area contributed by atoms with Gasteiger partial charge in [0, 0.05) is 0 Å². The molecule has 128 valence electrons. The van der Waals surface area contributed by atoms with Crippen LogP contribution in [-0.4, -0.2) is 54.5 Å². The summed E-state index contributed by atoms with van der Waals surface area (Å²) >= 11 is 0. The number of hydrogen-bond acceptors (Lipinski definition) is 4. The smallest absolute Gasteiger partial charge is 0.222 e. The highest BCUT2D eigenvalue weighted by Gasteiger charge is 2.62. The highest BCUT2D eigenvalue weighted by atomic mass is 28.3. The molecule has 22 heavy (non-hydrogen) atoms. The number of rotatable bonds is 3. The largest absolute Gasteiger partial charge is 0.393 e. The molecule has 0 aliphatic carbocycles. The number of ether oxygens (including phenoxy) is 2. The predicted molar refractivity (Wildman–Crippen MR) is 87.9 cm³/mol. The van der Waals surface area contributed by atoms with Crippen molar-refractivity contribution < 1.29 is 19.4 Å². The van der Waals surface area contributed by atoms with Gasteiger partial charge in [-0.15, -0.1) is 0 Å². The standard InChI is InChI=1S/C16H31NO4Si/c1-10(18)12-13(11-9-20-16(5,6)21-11)17(14(12)19)22(7,8)15(2,3)4/h10-13,18H,9H2,1-8H3/t10-,11?,12-,13-/m1/s1. The molecule has 0 aromatic carbocycles. The maximum Gasteiger partial charge on any atom is 0.222 e. The molecule has 2 heterocycles. The fourth-order valence-corrected chi connectivity index (χ4v) is 5.81. The minimum Gasteiger partial charge on any atom is -0.393 e. The number of aliphatic hydroxyl groups excluding tert-OH is 1. The number of aliphatic hydroxyl groups is 1. The molecule has 1 amide bonds. The zero-order valence-electron chi connectivity index (χ0n) is 15.1. The summed E-state index contributed by atoms with van der Waals surface area (Å²) in [6.07, 6.45) is -0.827. The zero-order chi connectivity index (χ0) is 17.1. The summed E-state index contributed by atoms with van der Waals surface area (Å²) in [7, 11) is -2.01. The van der Waals surface area contributed by atoms with Gasteiger partial charge in [-0.1, -0.05) is 33.9 Å². The van der Waals surface area contributed by atoms with Crippen molar-refractivity contribution in [1.29, 1.82) is 0 Å². The van der Waals surface area contributed by atoms with Crippen LogP contribution < -0.4 is 0 Å². The first kappa shape index (κ1) is 17.9. The van der Waals surface area contributed by atoms with E-state index in [0.717, 1.165) is 0 Å². The van der Waals surface area contributed by atoms with Crippen molar-refractivity contribution in [2.75, 3.05) is 6.61 Å². The quantitative estimate of drug-likeness (QED) is 0.638. The van der Waals surface area contributed by atoms with E-state index in [-0.39, 0.29) is 29.0 Å². The molecule has 2 fully saturated rings. The third kappa shape index (κ3) is 2.75. The lowest BCUT2D eigenvalue weighted by atomic mass is 9.82. The Hall–Kier alpha value is -0.433. The van der Waals surface area contributed by atoms with E-state index >= 15 is 0 Å². The number of amides is 1. The summed E-state index contributed by atoms with van der Waals surface area (Å²) in [6, 6.07) is -0.0878. The SMILES string of the molecule is C[C@@H](O)[C@H]1C(=O)N([Si](C)(C)C(C)(C)C)[C@@H]1C1COC(C)(C)O1. The van der Waals surface area contributed by atoms with Crippen LogP contribution in [0.2, 0.25) is 18.1 Å². The third-order valence-electron chi connectivity index (χ3n) is 5.56. The maximum absolute atomic E-state index is 12.7. The van der Waals surface area contributed by atoms with Gasteiger partial charge in [0.2, 0.25) is 5.91 Å². The maximum atomic E-state index is 12.7. The van der Waals surface area contributed by atoms with Crippen LogP contribution in [0.15, 0.2) is 0 Å². The molecule has 0 aromatic rings. The summed E-state index contributed by atoms with van der Waals surface area (Å²) in [5, 5.41) is 10.1. The highest BCUT2D eigenvalue weighted by Crippen LogP contribution is 2.47. The topological polar surface area (TPSA) is 59.0 Å². The van der Waals surface area contributed by atoms with Crippen molar-refractivity contribution in [3.8, 4) is 0 Å². The lowest BCUT2D eigenvalue weighted by Gasteiger charge is -2.60.